The molecular weight excluding hydrogens is 247 g/mol. The summed E-state index contributed by atoms with van der Waals surface area (Å²) < 4.78 is 13.9. The molecule has 0 aromatic heterocycles. The highest BCUT2D eigenvalue weighted by molar-refractivity contribution is 9.10. The van der Waals surface area contributed by atoms with Gasteiger partial charge in [0.25, 0.3) is 0 Å². The zero-order valence-electron chi connectivity index (χ0n) is 7.72. The van der Waals surface area contributed by atoms with E-state index in [0.717, 1.165) is 0 Å². The number of nitrogens with zero attached hydrogens (tertiary/aromatic N) is 1. The minimum Gasteiger partial charge on any atom is -0.367 e. The standard InChI is InChI=1S/C10H10BrFN2/c1-2-7(6-13)14-10-8(11)4-3-5-9(10)12/h3-5,7,14H,2H2,1H3. The summed E-state index contributed by atoms with van der Waals surface area (Å²) in [5.41, 5.74) is 0.348. The minimum atomic E-state index is -0.358. The molecule has 0 saturated carbocycles. The SMILES string of the molecule is CCC(C#N)Nc1c(F)cccc1Br. The molecule has 1 unspecified atom stereocenters. The third-order valence-electron chi connectivity index (χ3n) is 1.85. The van der Waals surface area contributed by atoms with Crippen molar-refractivity contribution >= 4 is 21.6 Å². The average Bonchev–Trinajstić information content (AvgIpc) is 2.18. The molecule has 0 aliphatic heterocycles. The van der Waals surface area contributed by atoms with Crippen molar-refractivity contribution in [2.45, 2.75) is 19.4 Å². The maximum absolute atomic E-state index is 13.3. The monoisotopic (exact) mass is 256 g/mol. The highest BCUT2D eigenvalue weighted by atomic mass is 79.9. The molecule has 2 nitrogen and oxygen atoms in total. The van der Waals surface area contributed by atoms with Crippen LogP contribution in [0, 0.1) is 17.1 Å². The van der Waals surface area contributed by atoms with Crippen molar-refractivity contribution in [3.05, 3.63) is 28.5 Å². The Morgan fingerprint density at radius 3 is 2.86 bits per heavy atom. The van der Waals surface area contributed by atoms with E-state index in [9.17, 15) is 4.39 Å². The van der Waals surface area contributed by atoms with Crippen LogP contribution in [-0.2, 0) is 0 Å². The summed E-state index contributed by atoms with van der Waals surface area (Å²) in [6.07, 6.45) is 0.636. The van der Waals surface area contributed by atoms with Crippen molar-refractivity contribution < 1.29 is 4.39 Å². The number of para-hydroxylation sites is 1. The Morgan fingerprint density at radius 1 is 1.64 bits per heavy atom. The number of benzene rings is 1. The lowest BCUT2D eigenvalue weighted by atomic mass is 10.2. The first-order chi connectivity index (χ1) is 6.69. The van der Waals surface area contributed by atoms with E-state index in [1.807, 2.05) is 6.92 Å². The van der Waals surface area contributed by atoms with Crippen molar-refractivity contribution in [2.24, 2.45) is 0 Å². The summed E-state index contributed by atoms with van der Waals surface area (Å²) in [5, 5.41) is 11.6. The van der Waals surface area contributed by atoms with Crippen LogP contribution < -0.4 is 5.32 Å². The van der Waals surface area contributed by atoms with Crippen LogP contribution in [-0.4, -0.2) is 6.04 Å². The summed E-state index contributed by atoms with van der Waals surface area (Å²) in [6, 6.07) is 6.40. The van der Waals surface area contributed by atoms with Crippen LogP contribution in [0.15, 0.2) is 22.7 Å². The molecule has 0 radical (unpaired) electrons. The highest BCUT2D eigenvalue weighted by Gasteiger charge is 2.10. The fourth-order valence-electron chi connectivity index (χ4n) is 1.04. The van der Waals surface area contributed by atoms with Gasteiger partial charge in [0.2, 0.25) is 0 Å². The van der Waals surface area contributed by atoms with Crippen LogP contribution in [0.25, 0.3) is 0 Å². The van der Waals surface area contributed by atoms with E-state index >= 15 is 0 Å². The topological polar surface area (TPSA) is 35.8 Å². The lowest BCUT2D eigenvalue weighted by molar-refractivity contribution is 0.627. The minimum absolute atomic E-state index is 0.348. The van der Waals surface area contributed by atoms with Crippen molar-refractivity contribution in [3.63, 3.8) is 0 Å². The molecule has 1 aromatic rings. The largest absolute Gasteiger partial charge is 0.367 e. The van der Waals surface area contributed by atoms with E-state index in [1.54, 1.807) is 12.1 Å². The molecule has 4 heteroatoms. The highest BCUT2D eigenvalue weighted by Crippen LogP contribution is 2.25. The van der Waals surface area contributed by atoms with Crippen LogP contribution >= 0.6 is 15.9 Å². The number of rotatable bonds is 3. The lowest BCUT2D eigenvalue weighted by Gasteiger charge is -2.12. The second-order valence-corrected chi connectivity index (χ2v) is 3.69. The first-order valence-corrected chi connectivity index (χ1v) is 5.08. The number of hydrogen-bond donors (Lipinski definition) is 1. The quantitative estimate of drug-likeness (QED) is 0.901. The number of halogens is 2. The molecule has 0 amide bonds. The first-order valence-electron chi connectivity index (χ1n) is 4.29. The number of nitrogens with one attached hydrogen (secondary N) is 1. The van der Waals surface area contributed by atoms with Crippen molar-refractivity contribution in [2.75, 3.05) is 5.32 Å². The molecule has 1 rings (SSSR count). The lowest BCUT2D eigenvalue weighted by Crippen LogP contribution is -2.16. The molecule has 74 valence electrons. The Hall–Kier alpha value is -1.08. The second kappa shape index (κ2) is 4.97. The van der Waals surface area contributed by atoms with Crippen LogP contribution in [0.4, 0.5) is 10.1 Å². The third kappa shape index (κ3) is 2.46. The first kappa shape index (κ1) is 11.0. The van der Waals surface area contributed by atoms with Gasteiger partial charge in [-0.2, -0.15) is 5.26 Å². The van der Waals surface area contributed by atoms with E-state index in [0.29, 0.717) is 16.6 Å². The van der Waals surface area contributed by atoms with Gasteiger partial charge in [0, 0.05) is 4.47 Å². The van der Waals surface area contributed by atoms with Crippen LogP contribution in [0.1, 0.15) is 13.3 Å². The molecule has 0 aliphatic rings. The van der Waals surface area contributed by atoms with Gasteiger partial charge in [-0.25, -0.2) is 4.39 Å². The van der Waals surface area contributed by atoms with Gasteiger partial charge in [-0.05, 0) is 34.5 Å². The Labute approximate surface area is 90.9 Å². The average molecular weight is 257 g/mol. The normalized spacial score (nSPS) is 11.9. The van der Waals surface area contributed by atoms with Crippen LogP contribution in [0.3, 0.4) is 0 Å². The maximum atomic E-state index is 13.3. The zero-order valence-corrected chi connectivity index (χ0v) is 9.31. The van der Waals surface area contributed by atoms with Gasteiger partial charge in [0.1, 0.15) is 11.9 Å². The molecular formula is C10H10BrFN2. The molecule has 0 fully saturated rings. The molecule has 0 bridgehead atoms. The van der Waals surface area contributed by atoms with Crippen molar-refractivity contribution in [1.29, 1.82) is 5.26 Å². The van der Waals surface area contributed by atoms with Gasteiger partial charge in [-0.15, -0.1) is 0 Å². The Morgan fingerprint density at radius 2 is 2.36 bits per heavy atom. The molecule has 0 spiro atoms. The van der Waals surface area contributed by atoms with E-state index < -0.39 is 0 Å². The smallest absolute Gasteiger partial charge is 0.147 e. The van der Waals surface area contributed by atoms with Crippen LogP contribution in [0.2, 0.25) is 0 Å². The van der Waals surface area contributed by atoms with Crippen molar-refractivity contribution in [1.82, 2.24) is 0 Å². The van der Waals surface area contributed by atoms with Crippen LogP contribution in [0.5, 0.6) is 0 Å². The molecule has 0 aliphatic carbocycles. The number of hydrogen-bond acceptors (Lipinski definition) is 2. The van der Waals surface area contributed by atoms with Gasteiger partial charge in [0.05, 0.1) is 11.8 Å². The second-order valence-electron chi connectivity index (χ2n) is 2.83. The Bertz CT molecular complexity index is 339. The van der Waals surface area contributed by atoms with Crippen molar-refractivity contribution in [3.8, 4) is 6.07 Å². The fourth-order valence-corrected chi connectivity index (χ4v) is 1.49. The Balaban J connectivity index is 2.91. The summed E-state index contributed by atoms with van der Waals surface area (Å²) in [7, 11) is 0. The third-order valence-corrected chi connectivity index (χ3v) is 2.51. The van der Waals surface area contributed by atoms with E-state index in [2.05, 4.69) is 27.3 Å². The Kier molecular flexibility index (Phi) is 3.90. The van der Waals surface area contributed by atoms with E-state index in [4.69, 9.17) is 5.26 Å². The summed E-state index contributed by atoms with van der Waals surface area (Å²) in [6.45, 7) is 1.87. The van der Waals surface area contributed by atoms with Gasteiger partial charge in [-0.1, -0.05) is 13.0 Å². The molecule has 0 saturated heterocycles. The number of nitriles is 1. The fraction of sp³-hybridized carbons (Fsp3) is 0.300. The molecule has 1 aromatic carbocycles. The molecule has 1 atom stereocenters. The molecule has 1 N–H and O–H groups in total. The van der Waals surface area contributed by atoms with E-state index in [-0.39, 0.29) is 11.9 Å². The predicted octanol–water partition coefficient (Wildman–Crippen LogP) is 3.30. The van der Waals surface area contributed by atoms with Gasteiger partial charge in [-0.3, -0.25) is 0 Å². The summed E-state index contributed by atoms with van der Waals surface area (Å²) in [5.74, 6) is -0.354. The summed E-state index contributed by atoms with van der Waals surface area (Å²) in [4.78, 5) is 0. The van der Waals surface area contributed by atoms with Gasteiger partial charge >= 0.3 is 0 Å². The molecule has 0 heterocycles. The van der Waals surface area contributed by atoms with E-state index in [1.165, 1.54) is 6.07 Å². The van der Waals surface area contributed by atoms with Gasteiger partial charge < -0.3 is 5.32 Å². The maximum Gasteiger partial charge on any atom is 0.147 e. The summed E-state index contributed by atoms with van der Waals surface area (Å²) >= 11 is 3.22. The zero-order chi connectivity index (χ0) is 10.6. The molecule has 14 heavy (non-hydrogen) atoms. The number of anilines is 1. The predicted molar refractivity (Wildman–Crippen MR) is 57.4 cm³/mol. The van der Waals surface area contributed by atoms with Gasteiger partial charge in [0.15, 0.2) is 0 Å².